The molecule has 5 nitrogen and oxygen atoms in total. The average Bonchev–Trinajstić information content (AvgIpc) is 3.13. The number of amidine groups is 1. The van der Waals surface area contributed by atoms with Gasteiger partial charge in [0.15, 0.2) is 16.7 Å². The van der Waals surface area contributed by atoms with Crippen molar-refractivity contribution in [2.75, 3.05) is 7.11 Å². The van der Waals surface area contributed by atoms with E-state index in [0.29, 0.717) is 37.8 Å². The van der Waals surface area contributed by atoms with Crippen LogP contribution in [0.15, 0.2) is 70.6 Å². The molecule has 0 aromatic heterocycles. The predicted octanol–water partition coefficient (Wildman–Crippen LogP) is 6.27. The molecule has 3 aromatic rings. The highest BCUT2D eigenvalue weighted by molar-refractivity contribution is 8.18. The first-order valence-electron chi connectivity index (χ1n) is 10.0. The van der Waals surface area contributed by atoms with Crippen molar-refractivity contribution >= 4 is 46.2 Å². The number of carbonyl (C=O) groups excluding carboxylic acids is 1. The van der Waals surface area contributed by atoms with Crippen molar-refractivity contribution in [3.63, 3.8) is 0 Å². The molecule has 0 atom stereocenters. The summed E-state index contributed by atoms with van der Waals surface area (Å²) in [6.07, 6.45) is 1.75. The average molecular weight is 483 g/mol. The Morgan fingerprint density at radius 2 is 1.97 bits per heavy atom. The maximum atomic E-state index is 13.4. The number of halogens is 2. The molecular weight excluding hydrogens is 463 g/mol. The Labute approximate surface area is 200 Å². The van der Waals surface area contributed by atoms with Crippen molar-refractivity contribution < 1.29 is 18.7 Å². The molecule has 0 unspecified atom stereocenters. The second-order valence-corrected chi connectivity index (χ2v) is 8.68. The smallest absolute Gasteiger partial charge is 0.264 e. The van der Waals surface area contributed by atoms with Gasteiger partial charge in [0.25, 0.3) is 5.91 Å². The summed E-state index contributed by atoms with van der Waals surface area (Å²) in [7, 11) is 1.54. The topological polar surface area (TPSA) is 59.9 Å². The van der Waals surface area contributed by atoms with Crippen LogP contribution in [0.5, 0.6) is 11.5 Å². The lowest BCUT2D eigenvalue weighted by Crippen LogP contribution is -2.19. The molecule has 1 fully saturated rings. The molecule has 1 heterocycles. The third-order valence-electron chi connectivity index (χ3n) is 4.81. The molecule has 33 heavy (non-hydrogen) atoms. The SMILES string of the molecule is COc1cc(/C=C2\SC(=Nc3ccc(C)c(Cl)c3)NC2=O)ccc1OCc1cccc(F)c1. The van der Waals surface area contributed by atoms with Crippen molar-refractivity contribution in [1.29, 1.82) is 0 Å². The first-order chi connectivity index (χ1) is 15.9. The van der Waals surface area contributed by atoms with E-state index >= 15 is 0 Å². The van der Waals surface area contributed by atoms with Crippen molar-refractivity contribution in [2.45, 2.75) is 13.5 Å². The van der Waals surface area contributed by atoms with Crippen LogP contribution in [-0.4, -0.2) is 18.2 Å². The van der Waals surface area contributed by atoms with Gasteiger partial charge in [0.2, 0.25) is 0 Å². The van der Waals surface area contributed by atoms with Crippen LogP contribution >= 0.6 is 23.4 Å². The van der Waals surface area contributed by atoms with Crippen LogP contribution in [0.25, 0.3) is 6.08 Å². The van der Waals surface area contributed by atoms with Crippen molar-refractivity contribution in [2.24, 2.45) is 4.99 Å². The summed E-state index contributed by atoms with van der Waals surface area (Å²) in [6.45, 7) is 2.12. The lowest BCUT2D eigenvalue weighted by molar-refractivity contribution is -0.115. The molecular formula is C25H20ClFN2O3S. The third-order valence-corrected chi connectivity index (χ3v) is 6.12. The van der Waals surface area contributed by atoms with Crippen LogP contribution in [-0.2, 0) is 11.4 Å². The van der Waals surface area contributed by atoms with Crippen molar-refractivity contribution in [1.82, 2.24) is 5.32 Å². The summed E-state index contributed by atoms with van der Waals surface area (Å²) < 4.78 is 24.6. The number of hydrogen-bond donors (Lipinski definition) is 1. The fourth-order valence-electron chi connectivity index (χ4n) is 3.08. The molecule has 4 rings (SSSR count). The first kappa shape index (κ1) is 22.9. The number of aryl methyl sites for hydroxylation is 1. The normalized spacial score (nSPS) is 15.7. The molecule has 0 aliphatic carbocycles. The number of benzene rings is 3. The lowest BCUT2D eigenvalue weighted by atomic mass is 10.2. The number of nitrogens with zero attached hydrogens (tertiary/aromatic N) is 1. The van der Waals surface area contributed by atoms with Gasteiger partial charge >= 0.3 is 0 Å². The van der Waals surface area contributed by atoms with E-state index in [1.54, 1.807) is 36.4 Å². The highest BCUT2D eigenvalue weighted by atomic mass is 35.5. The van der Waals surface area contributed by atoms with E-state index < -0.39 is 0 Å². The molecule has 0 saturated carbocycles. The zero-order valence-corrected chi connectivity index (χ0v) is 19.5. The van der Waals surface area contributed by atoms with Crippen LogP contribution in [0.4, 0.5) is 10.1 Å². The molecule has 3 aromatic carbocycles. The van der Waals surface area contributed by atoms with Gasteiger partial charge in [-0.3, -0.25) is 4.79 Å². The molecule has 1 aliphatic rings. The van der Waals surface area contributed by atoms with Crippen LogP contribution in [0.1, 0.15) is 16.7 Å². The Hall–Kier alpha value is -3.29. The van der Waals surface area contributed by atoms with Gasteiger partial charge in [0, 0.05) is 5.02 Å². The molecule has 0 radical (unpaired) electrons. The largest absolute Gasteiger partial charge is 0.493 e. The maximum Gasteiger partial charge on any atom is 0.264 e. The zero-order valence-electron chi connectivity index (χ0n) is 17.9. The quantitative estimate of drug-likeness (QED) is 0.421. The van der Waals surface area contributed by atoms with E-state index in [-0.39, 0.29) is 18.3 Å². The van der Waals surface area contributed by atoms with E-state index in [1.165, 1.54) is 31.0 Å². The summed E-state index contributed by atoms with van der Waals surface area (Å²) in [5.41, 5.74) is 3.10. The van der Waals surface area contributed by atoms with Gasteiger partial charge < -0.3 is 14.8 Å². The number of thioether (sulfide) groups is 1. The fourth-order valence-corrected chi connectivity index (χ4v) is 4.10. The number of ether oxygens (including phenoxy) is 2. The van der Waals surface area contributed by atoms with Crippen molar-refractivity contribution in [3.8, 4) is 11.5 Å². The van der Waals surface area contributed by atoms with Gasteiger partial charge in [-0.2, -0.15) is 0 Å². The summed E-state index contributed by atoms with van der Waals surface area (Å²) in [5.74, 6) is 0.478. The minimum atomic E-state index is -0.314. The van der Waals surface area contributed by atoms with Gasteiger partial charge in [-0.1, -0.05) is 35.9 Å². The summed E-state index contributed by atoms with van der Waals surface area (Å²) >= 11 is 7.40. The van der Waals surface area contributed by atoms with Gasteiger partial charge in [0.1, 0.15) is 12.4 Å². The lowest BCUT2D eigenvalue weighted by Gasteiger charge is -2.11. The number of methoxy groups -OCH3 is 1. The minimum absolute atomic E-state index is 0.204. The number of carbonyl (C=O) groups is 1. The number of nitrogens with one attached hydrogen (secondary N) is 1. The molecule has 1 saturated heterocycles. The second-order valence-electron chi connectivity index (χ2n) is 7.24. The molecule has 168 valence electrons. The monoisotopic (exact) mass is 482 g/mol. The van der Waals surface area contributed by atoms with E-state index in [0.717, 1.165) is 11.1 Å². The standard InChI is InChI=1S/C25H20ClFN2O3S/c1-15-6-8-19(13-20(15)26)28-25-29-24(30)23(33-25)12-16-7-9-21(22(11-16)31-2)32-14-17-4-3-5-18(27)10-17/h3-13H,14H2,1-2H3,(H,28,29,30)/b23-12-. The summed E-state index contributed by atoms with van der Waals surface area (Å²) in [5, 5.41) is 3.86. The first-order valence-corrected chi connectivity index (χ1v) is 11.2. The highest BCUT2D eigenvalue weighted by Gasteiger charge is 2.24. The maximum absolute atomic E-state index is 13.4. The van der Waals surface area contributed by atoms with E-state index in [9.17, 15) is 9.18 Å². The molecule has 1 aliphatic heterocycles. The third kappa shape index (κ3) is 5.74. The second kappa shape index (κ2) is 10.1. The molecule has 1 amide bonds. The van der Waals surface area contributed by atoms with Gasteiger partial charge in [-0.05, 0) is 77.9 Å². The molecule has 0 bridgehead atoms. The number of amides is 1. The molecule has 8 heteroatoms. The van der Waals surface area contributed by atoms with E-state index in [4.69, 9.17) is 21.1 Å². The fraction of sp³-hybridized carbons (Fsp3) is 0.120. The van der Waals surface area contributed by atoms with Gasteiger partial charge in [-0.25, -0.2) is 9.38 Å². The highest BCUT2D eigenvalue weighted by Crippen LogP contribution is 2.33. The Balaban J connectivity index is 1.49. The summed E-state index contributed by atoms with van der Waals surface area (Å²) in [6, 6.07) is 17.1. The Kier molecular flexibility index (Phi) is 7.01. The Bertz CT molecular complexity index is 1280. The predicted molar refractivity (Wildman–Crippen MR) is 131 cm³/mol. The molecule has 1 N–H and O–H groups in total. The van der Waals surface area contributed by atoms with E-state index in [2.05, 4.69) is 10.3 Å². The van der Waals surface area contributed by atoms with E-state index in [1.807, 2.05) is 25.1 Å². The van der Waals surface area contributed by atoms with Gasteiger partial charge in [0.05, 0.1) is 17.7 Å². The van der Waals surface area contributed by atoms with Crippen LogP contribution in [0, 0.1) is 12.7 Å². The van der Waals surface area contributed by atoms with Gasteiger partial charge in [-0.15, -0.1) is 0 Å². The Morgan fingerprint density at radius 3 is 2.73 bits per heavy atom. The summed E-state index contributed by atoms with van der Waals surface area (Å²) in [4.78, 5) is 17.4. The van der Waals surface area contributed by atoms with Crippen molar-refractivity contribution in [3.05, 3.63) is 93.1 Å². The minimum Gasteiger partial charge on any atom is -0.493 e. The number of rotatable bonds is 6. The van der Waals surface area contributed by atoms with Crippen LogP contribution < -0.4 is 14.8 Å². The van der Waals surface area contributed by atoms with Crippen LogP contribution in [0.3, 0.4) is 0 Å². The Morgan fingerprint density at radius 1 is 1.12 bits per heavy atom. The number of aliphatic imine (C=N–C) groups is 1. The zero-order chi connectivity index (χ0) is 23.4. The van der Waals surface area contributed by atoms with Crippen LogP contribution in [0.2, 0.25) is 5.02 Å². The molecule has 0 spiro atoms. The number of hydrogen-bond acceptors (Lipinski definition) is 5.